The maximum Gasteiger partial charge on any atom is 0.151 e. The molecule has 0 saturated heterocycles. The molecule has 0 radical (unpaired) electrons. The topological polar surface area (TPSA) is 46.0 Å². The van der Waals surface area contributed by atoms with Gasteiger partial charge in [0, 0.05) is 23.5 Å². The second-order valence-electron chi connectivity index (χ2n) is 5.82. The van der Waals surface area contributed by atoms with Crippen LogP contribution in [0.1, 0.15) is 37.6 Å². The van der Waals surface area contributed by atoms with Crippen LogP contribution in [0.5, 0.6) is 0 Å². The van der Waals surface area contributed by atoms with Crippen LogP contribution in [0.15, 0.2) is 49.3 Å². The van der Waals surface area contributed by atoms with Crippen LogP contribution in [0.3, 0.4) is 0 Å². The van der Waals surface area contributed by atoms with Gasteiger partial charge in [-0.05, 0) is 50.3 Å². The molecule has 0 saturated carbocycles. The van der Waals surface area contributed by atoms with Gasteiger partial charge in [-0.25, -0.2) is 14.4 Å². The number of hydrogen-bond donors (Lipinski definition) is 1. The fraction of sp³-hybridized carbons (Fsp3) is 0.300. The molecule has 1 unspecified atom stereocenters. The van der Waals surface area contributed by atoms with Gasteiger partial charge in [-0.15, -0.1) is 6.58 Å². The van der Waals surface area contributed by atoms with Crippen molar-refractivity contribution in [3.63, 3.8) is 0 Å². The van der Waals surface area contributed by atoms with E-state index in [9.17, 15) is 9.50 Å². The van der Waals surface area contributed by atoms with Crippen LogP contribution in [0.2, 0.25) is 0 Å². The predicted molar refractivity (Wildman–Crippen MR) is 95.9 cm³/mol. The minimum Gasteiger partial charge on any atom is -0.393 e. The Morgan fingerprint density at radius 2 is 2.04 bits per heavy atom. The third-order valence-electron chi connectivity index (χ3n) is 3.66. The lowest BCUT2D eigenvalue weighted by Gasteiger charge is -2.05. The van der Waals surface area contributed by atoms with E-state index in [1.54, 1.807) is 31.5 Å². The number of aliphatic hydroxyl groups is 1. The van der Waals surface area contributed by atoms with Crippen molar-refractivity contribution < 1.29 is 9.50 Å². The molecule has 1 aromatic carbocycles. The molecular formula is C20H23FN2O. The van der Waals surface area contributed by atoms with E-state index in [0.717, 1.165) is 24.8 Å². The van der Waals surface area contributed by atoms with Crippen molar-refractivity contribution in [2.24, 2.45) is 0 Å². The Labute approximate surface area is 142 Å². The molecule has 1 heterocycles. The summed E-state index contributed by atoms with van der Waals surface area (Å²) in [6.07, 6.45) is 11.8. The molecule has 0 amide bonds. The van der Waals surface area contributed by atoms with E-state index in [2.05, 4.69) is 16.5 Å². The number of benzene rings is 1. The van der Waals surface area contributed by atoms with Crippen LogP contribution >= 0.6 is 0 Å². The van der Waals surface area contributed by atoms with E-state index >= 15 is 0 Å². The highest BCUT2D eigenvalue weighted by atomic mass is 19.1. The Balaban J connectivity index is 2.01. The first-order chi connectivity index (χ1) is 11.6. The highest BCUT2D eigenvalue weighted by molar-refractivity contribution is 5.63. The lowest BCUT2D eigenvalue weighted by Crippen LogP contribution is -1.97. The van der Waals surface area contributed by atoms with E-state index in [1.165, 1.54) is 6.07 Å². The van der Waals surface area contributed by atoms with Crippen molar-refractivity contribution in [1.82, 2.24) is 9.97 Å². The van der Waals surface area contributed by atoms with Gasteiger partial charge in [-0.3, -0.25) is 0 Å². The van der Waals surface area contributed by atoms with Crippen LogP contribution < -0.4 is 0 Å². The summed E-state index contributed by atoms with van der Waals surface area (Å²) in [5.74, 6) is 0.318. The van der Waals surface area contributed by atoms with E-state index in [0.29, 0.717) is 23.4 Å². The number of halogens is 1. The first-order valence-corrected chi connectivity index (χ1v) is 8.16. The van der Waals surface area contributed by atoms with Crippen LogP contribution in [0.4, 0.5) is 4.39 Å². The van der Waals surface area contributed by atoms with Crippen molar-refractivity contribution >= 4 is 6.08 Å². The summed E-state index contributed by atoms with van der Waals surface area (Å²) in [6.45, 7) is 5.45. The third kappa shape index (κ3) is 5.39. The minimum atomic E-state index is -0.278. The van der Waals surface area contributed by atoms with Crippen LogP contribution in [-0.4, -0.2) is 21.2 Å². The molecule has 1 aromatic heterocycles. The lowest BCUT2D eigenvalue weighted by molar-refractivity contribution is 0.182. The van der Waals surface area contributed by atoms with Gasteiger partial charge >= 0.3 is 0 Å². The Hall–Kier alpha value is -2.33. The highest BCUT2D eigenvalue weighted by Gasteiger charge is 2.07. The average molecular weight is 326 g/mol. The van der Waals surface area contributed by atoms with Crippen LogP contribution in [-0.2, 0) is 6.42 Å². The largest absolute Gasteiger partial charge is 0.393 e. The number of allylic oxidation sites excluding steroid dienone is 2. The summed E-state index contributed by atoms with van der Waals surface area (Å²) < 4.78 is 14.2. The van der Waals surface area contributed by atoms with Gasteiger partial charge in [0.05, 0.1) is 6.10 Å². The van der Waals surface area contributed by atoms with Gasteiger partial charge in [0.2, 0.25) is 0 Å². The number of rotatable bonds is 8. The van der Waals surface area contributed by atoms with Crippen molar-refractivity contribution in [2.45, 2.75) is 38.7 Å². The SMILES string of the molecule is C=CCc1ccc(-c2cnc(/C=C/CCCC(C)O)nc2)c(F)c1. The molecule has 0 aliphatic rings. The van der Waals surface area contributed by atoms with E-state index < -0.39 is 0 Å². The molecular weight excluding hydrogens is 303 g/mol. The number of nitrogens with zero attached hydrogens (tertiary/aromatic N) is 2. The summed E-state index contributed by atoms with van der Waals surface area (Å²) in [7, 11) is 0. The third-order valence-corrected chi connectivity index (χ3v) is 3.66. The number of aliphatic hydroxyl groups excluding tert-OH is 1. The number of unbranched alkanes of at least 4 members (excludes halogenated alkanes) is 1. The molecule has 2 aromatic rings. The quantitative estimate of drug-likeness (QED) is 0.571. The number of hydrogen-bond acceptors (Lipinski definition) is 3. The van der Waals surface area contributed by atoms with E-state index in [4.69, 9.17) is 0 Å². The maximum atomic E-state index is 14.2. The van der Waals surface area contributed by atoms with Crippen LogP contribution in [0.25, 0.3) is 17.2 Å². The molecule has 4 heteroatoms. The zero-order chi connectivity index (χ0) is 17.4. The maximum absolute atomic E-state index is 14.2. The zero-order valence-corrected chi connectivity index (χ0v) is 14.0. The van der Waals surface area contributed by atoms with Crippen molar-refractivity contribution in [2.75, 3.05) is 0 Å². The number of aromatic nitrogens is 2. The van der Waals surface area contributed by atoms with Gasteiger partial charge in [0.15, 0.2) is 5.82 Å². The second kappa shape index (κ2) is 9.08. The van der Waals surface area contributed by atoms with Gasteiger partial charge in [0.1, 0.15) is 5.82 Å². The molecule has 0 fully saturated rings. The average Bonchev–Trinajstić information content (AvgIpc) is 2.55. The Morgan fingerprint density at radius 3 is 2.67 bits per heavy atom. The van der Waals surface area contributed by atoms with Crippen molar-refractivity contribution in [3.05, 3.63) is 66.5 Å². The molecule has 0 aliphatic heterocycles. The first-order valence-electron chi connectivity index (χ1n) is 8.16. The Kier molecular flexibility index (Phi) is 6.82. The monoisotopic (exact) mass is 326 g/mol. The molecule has 1 N–H and O–H groups in total. The first kappa shape index (κ1) is 18.0. The molecule has 24 heavy (non-hydrogen) atoms. The van der Waals surface area contributed by atoms with Crippen LogP contribution in [0, 0.1) is 5.82 Å². The highest BCUT2D eigenvalue weighted by Crippen LogP contribution is 2.23. The lowest BCUT2D eigenvalue weighted by atomic mass is 10.0. The molecule has 126 valence electrons. The predicted octanol–water partition coefficient (Wildman–Crippen LogP) is 4.58. The summed E-state index contributed by atoms with van der Waals surface area (Å²) in [5.41, 5.74) is 2.04. The summed E-state index contributed by atoms with van der Waals surface area (Å²) in [4.78, 5) is 8.52. The van der Waals surface area contributed by atoms with Gasteiger partial charge < -0.3 is 5.11 Å². The zero-order valence-electron chi connectivity index (χ0n) is 14.0. The van der Waals surface area contributed by atoms with E-state index in [-0.39, 0.29) is 11.9 Å². The second-order valence-corrected chi connectivity index (χ2v) is 5.82. The normalized spacial score (nSPS) is 12.5. The molecule has 0 spiro atoms. The molecule has 0 bridgehead atoms. The standard InChI is InChI=1S/C20H23FN2O/c1-3-7-16-10-11-18(19(21)12-16)17-13-22-20(23-14-17)9-6-4-5-8-15(2)24/h3,6,9-15,24H,1,4-5,7-8H2,2H3/b9-6+. The Bertz CT molecular complexity index is 693. The molecule has 1 atom stereocenters. The minimum absolute atomic E-state index is 0.262. The molecule has 3 nitrogen and oxygen atoms in total. The molecule has 0 aliphatic carbocycles. The van der Waals surface area contributed by atoms with E-state index in [1.807, 2.05) is 18.2 Å². The fourth-order valence-corrected chi connectivity index (χ4v) is 2.37. The van der Waals surface area contributed by atoms with Crippen molar-refractivity contribution in [1.29, 1.82) is 0 Å². The smallest absolute Gasteiger partial charge is 0.151 e. The Morgan fingerprint density at radius 1 is 1.29 bits per heavy atom. The van der Waals surface area contributed by atoms with Crippen molar-refractivity contribution in [3.8, 4) is 11.1 Å². The van der Waals surface area contributed by atoms with Gasteiger partial charge in [-0.1, -0.05) is 24.3 Å². The van der Waals surface area contributed by atoms with Gasteiger partial charge in [-0.2, -0.15) is 0 Å². The summed E-state index contributed by atoms with van der Waals surface area (Å²) in [5, 5.41) is 9.19. The fourth-order valence-electron chi connectivity index (χ4n) is 2.37. The summed E-state index contributed by atoms with van der Waals surface area (Å²) >= 11 is 0. The molecule has 2 rings (SSSR count). The van der Waals surface area contributed by atoms with Gasteiger partial charge in [0.25, 0.3) is 0 Å². The summed E-state index contributed by atoms with van der Waals surface area (Å²) in [6, 6.07) is 5.15.